The molecule has 0 aromatic rings. The van der Waals surface area contributed by atoms with Gasteiger partial charge in [0.2, 0.25) is 0 Å². The Morgan fingerprint density at radius 2 is 0.889 bits per heavy atom. The minimum atomic E-state index is 0. The van der Waals surface area contributed by atoms with Crippen LogP contribution in [0.2, 0.25) is 0 Å². The van der Waals surface area contributed by atoms with Crippen molar-refractivity contribution in [3.63, 3.8) is 0 Å². The van der Waals surface area contributed by atoms with Crippen LogP contribution in [0.5, 0.6) is 0 Å². The number of halogens is 2. The molecule has 4 heteroatoms. The zero-order chi connectivity index (χ0) is 3.58. The molecule has 0 nitrogen and oxygen atoms in total. The fraction of sp³-hybridized carbons (Fsp3) is 0.800. The van der Waals surface area contributed by atoms with E-state index in [2.05, 4.69) is 0 Å². The first kappa shape index (κ1) is 39.9. The van der Waals surface area contributed by atoms with Crippen LogP contribution >= 0.6 is 45.2 Å². The van der Waals surface area contributed by atoms with Crippen molar-refractivity contribution in [1.29, 1.82) is 0 Å². The monoisotopic (exact) mass is 380 g/mol. The molecule has 0 heterocycles. The van der Waals surface area contributed by atoms with Gasteiger partial charge in [0.25, 0.3) is 0 Å². The fourth-order valence-electron chi connectivity index (χ4n) is 0. The zero-order valence-electron chi connectivity index (χ0n) is 2.83. The number of rotatable bonds is 0. The summed E-state index contributed by atoms with van der Waals surface area (Å²) in [4.78, 5) is 0. The van der Waals surface area contributed by atoms with Gasteiger partial charge in [-0.2, -0.15) is 7.85 Å². The zero-order valence-corrected chi connectivity index (χ0v) is 10.3. The second kappa shape index (κ2) is 30.4. The molecule has 0 aliphatic rings. The van der Waals surface area contributed by atoms with Crippen LogP contribution in [0.15, 0.2) is 0 Å². The van der Waals surface area contributed by atoms with Crippen LogP contribution in [0.4, 0.5) is 0 Å². The van der Waals surface area contributed by atoms with Crippen molar-refractivity contribution in [2.45, 2.75) is 29.7 Å². The molecule has 0 aromatic carbocycles. The molecule has 0 aliphatic heterocycles. The van der Waals surface area contributed by atoms with Crippen LogP contribution < -0.4 is 51.4 Å². The smallest absolute Gasteiger partial charge is 0.309 e. The Labute approximate surface area is 133 Å². The summed E-state index contributed by atoms with van der Waals surface area (Å²) in [6, 6.07) is 0. The van der Waals surface area contributed by atoms with E-state index in [1.54, 1.807) is 0 Å². The van der Waals surface area contributed by atoms with Gasteiger partial charge in [0.05, 0.1) is 0 Å². The van der Waals surface area contributed by atoms with E-state index >= 15 is 0 Å². The molecule has 9 heavy (non-hydrogen) atoms. The maximum Gasteiger partial charge on any atom is 1.00 e. The first-order chi connectivity index (χ1) is 1.73. The van der Waals surface area contributed by atoms with Crippen molar-refractivity contribution in [3.8, 4) is 0 Å². The van der Waals surface area contributed by atoms with Crippen molar-refractivity contribution < 1.29 is 51.4 Å². The molecule has 0 unspecified atom stereocenters. The van der Waals surface area contributed by atoms with Gasteiger partial charge in [0, 0.05) is 0 Å². The van der Waals surface area contributed by atoms with Gasteiger partial charge in [0.15, 0.2) is 0 Å². The van der Waals surface area contributed by atoms with Gasteiger partial charge < -0.3 is 45.2 Å². The van der Waals surface area contributed by atoms with Crippen LogP contribution in [0, 0.1) is 1.83 Å². The summed E-state index contributed by atoms with van der Waals surface area (Å²) in [6.07, 6.45) is 0. The van der Waals surface area contributed by atoms with Crippen LogP contribution in [0.1, 0.15) is 29.7 Å². The van der Waals surface area contributed by atoms with Crippen molar-refractivity contribution in [2.75, 3.05) is 0 Å². The minimum Gasteiger partial charge on any atom is -0.309 e. The molecule has 0 aromatic heterocycles. The normalized spacial score (nSPS) is 3.89. The molecule has 0 saturated heterocycles. The van der Waals surface area contributed by atoms with Crippen LogP contribution in [-0.4, -0.2) is 7.85 Å². The molecule has 0 spiro atoms. The van der Waals surface area contributed by atoms with E-state index in [-0.39, 0.29) is 81.1 Å². The van der Waals surface area contributed by atoms with Gasteiger partial charge in [-0.1, -0.05) is 29.7 Å². The van der Waals surface area contributed by atoms with Gasteiger partial charge in [0.1, 0.15) is 0 Å². The third-order valence-electron chi connectivity index (χ3n) is 0. The predicted molar refractivity (Wildman–Crippen MR) is 64.0 cm³/mol. The Kier molecular flexibility index (Phi) is 135. The Bertz CT molecular complexity index is 19.7. The SMILES string of the molecule is C.C.C.C.[B][C-](I)I.[K+]. The van der Waals surface area contributed by atoms with Crippen molar-refractivity contribution in [3.05, 3.63) is 1.83 Å². The maximum atomic E-state index is 5.00. The average Bonchev–Trinajstić information content (AvgIpc) is 0.811. The van der Waals surface area contributed by atoms with E-state index in [4.69, 9.17) is 7.85 Å². The van der Waals surface area contributed by atoms with Gasteiger partial charge in [-0.3, -0.25) is 0 Å². The molecular weight excluding hydrogens is 364 g/mol. The summed E-state index contributed by atoms with van der Waals surface area (Å²) in [5.74, 6) is 0. The maximum absolute atomic E-state index is 5.00. The van der Waals surface area contributed by atoms with Crippen LogP contribution in [0.3, 0.4) is 0 Å². The van der Waals surface area contributed by atoms with E-state index in [0.29, 0.717) is 0 Å². The molecule has 0 bridgehead atoms. The molecule has 0 aliphatic carbocycles. The van der Waals surface area contributed by atoms with Crippen LogP contribution in [-0.2, 0) is 0 Å². The first-order valence-corrected chi connectivity index (χ1v) is 2.82. The topological polar surface area (TPSA) is 0 Å². The van der Waals surface area contributed by atoms with Crippen LogP contribution in [0.25, 0.3) is 0 Å². The van der Waals surface area contributed by atoms with E-state index in [1.165, 1.54) is 0 Å². The third kappa shape index (κ3) is 93.7. The summed E-state index contributed by atoms with van der Waals surface area (Å²) >= 11 is 4.05. The minimum absolute atomic E-state index is 0. The molecular formula is C5H16BI2K. The molecule has 0 amide bonds. The molecule has 54 valence electrons. The Hall–Kier alpha value is 3.16. The Morgan fingerprint density at radius 3 is 0.889 bits per heavy atom. The Morgan fingerprint density at radius 1 is 0.889 bits per heavy atom. The van der Waals surface area contributed by atoms with E-state index < -0.39 is 0 Å². The average molecular weight is 380 g/mol. The van der Waals surface area contributed by atoms with E-state index in [9.17, 15) is 0 Å². The number of hydrogen-bond acceptors (Lipinski definition) is 0. The largest absolute Gasteiger partial charge is 1.00 e. The molecule has 0 N–H and O–H groups in total. The third-order valence-corrected chi connectivity index (χ3v) is 0. The molecule has 0 rings (SSSR count). The molecule has 0 atom stereocenters. The van der Waals surface area contributed by atoms with Gasteiger partial charge in [-0.05, 0) is 0 Å². The van der Waals surface area contributed by atoms with Gasteiger partial charge >= 0.3 is 51.4 Å². The molecule has 2 radical (unpaired) electrons. The van der Waals surface area contributed by atoms with Crippen molar-refractivity contribution >= 4 is 53.0 Å². The Balaban J connectivity index is -0.00000000450. The second-order valence-electron chi connectivity index (χ2n) is 0.290. The summed E-state index contributed by atoms with van der Waals surface area (Å²) < 4.78 is 0.857. The van der Waals surface area contributed by atoms with Gasteiger partial charge in [-0.15, -0.1) is 0 Å². The standard InChI is InChI=1S/CBI2.4CH4.K/c2-1(3)4;;;;;/h;4*1H4;/q-1;;;;;+1. The summed E-state index contributed by atoms with van der Waals surface area (Å²) in [5.41, 5.74) is 0. The summed E-state index contributed by atoms with van der Waals surface area (Å²) in [7, 11) is 5.00. The number of hydrogen-bond donors (Lipinski definition) is 0. The second-order valence-corrected chi connectivity index (χ2v) is 4.68. The quantitative estimate of drug-likeness (QED) is 0.335. The van der Waals surface area contributed by atoms with E-state index in [1.807, 2.05) is 45.2 Å². The van der Waals surface area contributed by atoms with Crippen molar-refractivity contribution in [1.82, 2.24) is 0 Å². The predicted octanol–water partition coefficient (Wildman–Crippen LogP) is 1.02. The van der Waals surface area contributed by atoms with Gasteiger partial charge in [-0.25, -0.2) is 1.83 Å². The molecule has 0 fully saturated rings. The summed E-state index contributed by atoms with van der Waals surface area (Å²) in [6.45, 7) is 0. The summed E-state index contributed by atoms with van der Waals surface area (Å²) in [5, 5.41) is 0. The van der Waals surface area contributed by atoms with E-state index in [0.717, 1.165) is 1.83 Å². The first-order valence-electron chi connectivity index (χ1n) is 0.667. The molecule has 0 saturated carbocycles. The van der Waals surface area contributed by atoms with Crippen molar-refractivity contribution in [2.24, 2.45) is 0 Å². The fourth-order valence-corrected chi connectivity index (χ4v) is 0.